The molecule has 192 valence electrons. The van der Waals surface area contributed by atoms with E-state index in [1.807, 2.05) is 0 Å². The topological polar surface area (TPSA) is 95.9 Å². The molecule has 2 heterocycles. The van der Waals surface area contributed by atoms with Gasteiger partial charge in [0.2, 0.25) is 5.82 Å². The summed E-state index contributed by atoms with van der Waals surface area (Å²) in [4.78, 5) is 29.9. The molecule has 0 aliphatic carbocycles. The van der Waals surface area contributed by atoms with Crippen molar-refractivity contribution < 1.29 is 18.7 Å². The minimum atomic E-state index is -0.864. The first-order valence-corrected chi connectivity index (χ1v) is 12.8. The molecule has 11 heteroatoms. The highest BCUT2D eigenvalue weighted by Gasteiger charge is 2.20. The van der Waals surface area contributed by atoms with Gasteiger partial charge in [0.1, 0.15) is 5.58 Å². The molecule has 2 aromatic heterocycles. The number of esters is 1. The minimum absolute atomic E-state index is 0.217. The summed E-state index contributed by atoms with van der Waals surface area (Å²) >= 11 is 16.0. The van der Waals surface area contributed by atoms with E-state index in [-0.39, 0.29) is 22.2 Å². The summed E-state index contributed by atoms with van der Waals surface area (Å²) in [6.07, 6.45) is 0.599. The molecule has 0 aliphatic rings. The Hall–Kier alpha value is -3.66. The zero-order valence-electron chi connectivity index (χ0n) is 19.9. The number of benzene rings is 3. The number of methoxy groups -OCH3 is 1. The van der Waals surface area contributed by atoms with Crippen LogP contribution in [0.5, 0.6) is 5.75 Å². The number of halogens is 3. The van der Waals surface area contributed by atoms with Gasteiger partial charge in [0.15, 0.2) is 17.6 Å². The Morgan fingerprint density at radius 3 is 2.71 bits per heavy atom. The molecule has 0 spiro atoms. The highest BCUT2D eigenvalue weighted by molar-refractivity contribution is 9.10. The summed E-state index contributed by atoms with van der Waals surface area (Å²) in [5.41, 5.74) is 1.28. The number of fused-ring (bicyclic) bond motifs is 2. The fourth-order valence-corrected chi connectivity index (χ4v) is 4.93. The second-order valence-corrected chi connectivity index (χ2v) is 9.90. The van der Waals surface area contributed by atoms with Crippen LogP contribution in [0.1, 0.15) is 12.5 Å². The van der Waals surface area contributed by atoms with E-state index >= 15 is 0 Å². The first-order valence-electron chi connectivity index (χ1n) is 11.2. The molecule has 0 saturated carbocycles. The summed E-state index contributed by atoms with van der Waals surface area (Å²) in [5.74, 6) is 0.298. The monoisotopic (exact) mass is 613 g/mol. The van der Waals surface area contributed by atoms with Crippen molar-refractivity contribution in [3.8, 4) is 17.3 Å². The van der Waals surface area contributed by atoms with Gasteiger partial charge in [0, 0.05) is 10.4 Å². The SMILES string of the molecule is COC(=O)[C@@H](C)Oc1c(Cl)cc(C=Nn2c(-c3cc4cc(Cl)ccc4o3)nc3ccccc3c2=O)cc1Br. The first kappa shape index (κ1) is 26.0. The van der Waals surface area contributed by atoms with E-state index in [1.54, 1.807) is 67.6 Å². The fourth-order valence-electron chi connectivity index (χ4n) is 3.80. The number of nitrogens with zero attached hydrogens (tertiary/aromatic N) is 3. The molecule has 0 N–H and O–H groups in total. The Bertz CT molecular complexity index is 1770. The summed E-state index contributed by atoms with van der Waals surface area (Å²) < 4.78 is 18.0. The van der Waals surface area contributed by atoms with Gasteiger partial charge in [-0.3, -0.25) is 4.79 Å². The Kier molecular flexibility index (Phi) is 7.25. The smallest absolute Gasteiger partial charge is 0.346 e. The number of aromatic nitrogens is 2. The molecule has 0 bridgehead atoms. The fraction of sp³-hybridized carbons (Fsp3) is 0.111. The number of rotatable bonds is 6. The minimum Gasteiger partial charge on any atom is -0.476 e. The molecule has 0 fully saturated rings. The van der Waals surface area contributed by atoms with Crippen LogP contribution in [0, 0.1) is 0 Å². The van der Waals surface area contributed by atoms with E-state index < -0.39 is 12.1 Å². The zero-order chi connectivity index (χ0) is 27.0. The van der Waals surface area contributed by atoms with Crippen LogP contribution in [0.15, 0.2) is 79.4 Å². The Morgan fingerprint density at radius 1 is 1.16 bits per heavy atom. The van der Waals surface area contributed by atoms with Crippen molar-refractivity contribution in [2.24, 2.45) is 5.10 Å². The Labute approximate surface area is 234 Å². The summed E-state index contributed by atoms with van der Waals surface area (Å²) in [7, 11) is 1.27. The van der Waals surface area contributed by atoms with Gasteiger partial charge >= 0.3 is 5.97 Å². The first-order chi connectivity index (χ1) is 18.2. The van der Waals surface area contributed by atoms with Crippen LogP contribution in [-0.4, -0.2) is 35.1 Å². The number of carbonyl (C=O) groups is 1. The third-order valence-electron chi connectivity index (χ3n) is 5.62. The normalized spacial score (nSPS) is 12.3. The largest absolute Gasteiger partial charge is 0.476 e. The summed E-state index contributed by atoms with van der Waals surface area (Å²) in [6.45, 7) is 1.55. The van der Waals surface area contributed by atoms with Crippen LogP contribution in [-0.2, 0) is 9.53 Å². The van der Waals surface area contributed by atoms with E-state index in [4.69, 9.17) is 37.1 Å². The summed E-state index contributed by atoms with van der Waals surface area (Å²) in [5, 5.41) is 6.39. The zero-order valence-corrected chi connectivity index (χ0v) is 23.0. The lowest BCUT2D eigenvalue weighted by atomic mass is 10.2. The number of furan rings is 1. The van der Waals surface area contributed by atoms with E-state index in [0.717, 1.165) is 5.39 Å². The van der Waals surface area contributed by atoms with Crippen LogP contribution in [0.2, 0.25) is 10.0 Å². The quantitative estimate of drug-likeness (QED) is 0.156. The molecular weight excluding hydrogens is 597 g/mol. The summed E-state index contributed by atoms with van der Waals surface area (Å²) in [6, 6.07) is 17.3. The average molecular weight is 615 g/mol. The molecule has 5 rings (SSSR count). The number of carbonyl (C=O) groups excluding carboxylic acids is 1. The lowest BCUT2D eigenvalue weighted by Gasteiger charge is -2.15. The van der Waals surface area contributed by atoms with Crippen LogP contribution in [0.25, 0.3) is 33.5 Å². The molecule has 0 saturated heterocycles. The van der Waals surface area contributed by atoms with Gasteiger partial charge in [-0.15, -0.1) is 0 Å². The van der Waals surface area contributed by atoms with Gasteiger partial charge in [-0.05, 0) is 76.9 Å². The molecule has 1 atom stereocenters. The third kappa shape index (κ3) is 5.05. The number of ether oxygens (including phenoxy) is 2. The van der Waals surface area contributed by atoms with Crippen molar-refractivity contribution in [1.82, 2.24) is 9.66 Å². The van der Waals surface area contributed by atoms with E-state index in [2.05, 4.69) is 26.0 Å². The molecule has 0 aliphatic heterocycles. The molecule has 8 nitrogen and oxygen atoms in total. The van der Waals surface area contributed by atoms with Crippen molar-refractivity contribution in [2.75, 3.05) is 7.11 Å². The highest BCUT2D eigenvalue weighted by atomic mass is 79.9. The average Bonchev–Trinajstić information content (AvgIpc) is 3.32. The second-order valence-electron chi connectivity index (χ2n) is 8.20. The van der Waals surface area contributed by atoms with Gasteiger partial charge < -0.3 is 13.9 Å². The lowest BCUT2D eigenvalue weighted by molar-refractivity contribution is -0.147. The molecule has 0 radical (unpaired) electrons. The number of para-hydroxylation sites is 1. The van der Waals surface area contributed by atoms with Gasteiger partial charge in [-0.2, -0.15) is 9.78 Å². The van der Waals surface area contributed by atoms with Gasteiger partial charge in [0.05, 0.1) is 33.7 Å². The van der Waals surface area contributed by atoms with Crippen molar-refractivity contribution in [1.29, 1.82) is 0 Å². The number of hydrogen-bond donors (Lipinski definition) is 0. The molecule has 5 aromatic rings. The van der Waals surface area contributed by atoms with Crippen molar-refractivity contribution in [3.05, 3.63) is 91.1 Å². The van der Waals surface area contributed by atoms with E-state index in [1.165, 1.54) is 18.0 Å². The van der Waals surface area contributed by atoms with Crippen molar-refractivity contribution in [2.45, 2.75) is 13.0 Å². The third-order valence-corrected chi connectivity index (χ3v) is 6.73. The molecular formula is C27H18BrCl2N3O5. The predicted octanol–water partition coefficient (Wildman–Crippen LogP) is 6.70. The van der Waals surface area contributed by atoms with Gasteiger partial charge in [0.25, 0.3) is 5.56 Å². The van der Waals surface area contributed by atoms with Crippen LogP contribution in [0.3, 0.4) is 0 Å². The lowest BCUT2D eigenvalue weighted by Crippen LogP contribution is -2.25. The van der Waals surface area contributed by atoms with E-state index in [9.17, 15) is 9.59 Å². The number of hydrogen-bond acceptors (Lipinski definition) is 7. The molecule has 0 amide bonds. The van der Waals surface area contributed by atoms with Crippen LogP contribution >= 0.6 is 39.1 Å². The maximum Gasteiger partial charge on any atom is 0.346 e. The van der Waals surface area contributed by atoms with E-state index in [0.29, 0.717) is 37.3 Å². The van der Waals surface area contributed by atoms with Gasteiger partial charge in [-0.1, -0.05) is 35.3 Å². The van der Waals surface area contributed by atoms with Crippen LogP contribution in [0.4, 0.5) is 0 Å². The van der Waals surface area contributed by atoms with Gasteiger partial charge in [-0.25, -0.2) is 9.78 Å². The molecule has 3 aromatic carbocycles. The molecule has 0 unspecified atom stereocenters. The Balaban J connectivity index is 1.59. The van der Waals surface area contributed by atoms with Crippen LogP contribution < -0.4 is 10.3 Å². The molecule has 38 heavy (non-hydrogen) atoms. The van der Waals surface area contributed by atoms with Crippen molar-refractivity contribution >= 4 is 73.2 Å². The standard InChI is InChI=1S/C27H18BrCl2N3O5/c1-14(27(35)36-2)37-24-19(28)9-15(10-20(24)30)13-31-33-25(32-21-6-4-3-5-18(21)26(33)34)23-12-16-11-17(29)7-8-22(16)38-23/h3-14H,1-2H3/t14-/m1/s1. The Morgan fingerprint density at radius 2 is 1.95 bits per heavy atom. The van der Waals surface area contributed by atoms with Crippen molar-refractivity contribution in [3.63, 3.8) is 0 Å². The highest BCUT2D eigenvalue weighted by Crippen LogP contribution is 2.35. The predicted molar refractivity (Wildman–Crippen MR) is 150 cm³/mol. The second kappa shape index (κ2) is 10.6. The maximum absolute atomic E-state index is 13.5. The maximum atomic E-state index is 13.5.